The molecule has 226 valence electrons. The third-order valence-corrected chi connectivity index (χ3v) is 38.2. The molecule has 0 amide bonds. The summed E-state index contributed by atoms with van der Waals surface area (Å²) < 4.78 is 8.57. The van der Waals surface area contributed by atoms with Crippen LogP contribution in [0.3, 0.4) is 0 Å². The maximum absolute atomic E-state index is 4.05. The van der Waals surface area contributed by atoms with Crippen LogP contribution in [0.25, 0.3) is 34.4 Å². The Labute approximate surface area is 267 Å². The van der Waals surface area contributed by atoms with E-state index in [1.54, 1.807) is 11.1 Å². The van der Waals surface area contributed by atoms with Crippen molar-refractivity contribution in [3.8, 4) is 22.3 Å². The summed E-state index contributed by atoms with van der Waals surface area (Å²) in [5.41, 5.74) is 16.9. The molecule has 4 aromatic carbocycles. The Morgan fingerprint density at radius 2 is 0.955 bits per heavy atom. The number of hydrogen-bond acceptors (Lipinski definition) is 0. The molecule has 0 fully saturated rings. The minimum absolute atomic E-state index is 0.492. The van der Waals surface area contributed by atoms with Gasteiger partial charge in [-0.3, -0.25) is 0 Å². The third kappa shape index (κ3) is 5.14. The quantitative estimate of drug-likeness (QED) is 0.158. The number of hydrogen-bond donors (Lipinski definition) is 0. The molecule has 44 heavy (non-hydrogen) atoms. The van der Waals surface area contributed by atoms with Gasteiger partial charge < -0.3 is 0 Å². The van der Waals surface area contributed by atoms with Crippen molar-refractivity contribution in [3.05, 3.63) is 129 Å². The molecule has 0 bridgehead atoms. The van der Waals surface area contributed by atoms with E-state index in [-0.39, 0.29) is 0 Å². The van der Waals surface area contributed by atoms with Crippen molar-refractivity contribution >= 4 is 15.4 Å². The number of benzene rings is 4. The molecule has 1 heteroatoms. The van der Waals surface area contributed by atoms with Crippen molar-refractivity contribution in [1.82, 2.24) is 0 Å². The fourth-order valence-corrected chi connectivity index (χ4v) is 34.8. The summed E-state index contributed by atoms with van der Waals surface area (Å²) in [6, 6.07) is 28.3. The van der Waals surface area contributed by atoms with Crippen molar-refractivity contribution in [2.45, 2.75) is 83.9 Å². The maximum atomic E-state index is 2.83. The van der Waals surface area contributed by atoms with Gasteiger partial charge in [0.2, 0.25) is 0 Å². The fraction of sp³-hybridized carbons (Fsp3) is 0.326. The van der Waals surface area contributed by atoms with Crippen molar-refractivity contribution in [1.29, 1.82) is 0 Å². The van der Waals surface area contributed by atoms with Gasteiger partial charge in [-0.15, -0.1) is 0 Å². The van der Waals surface area contributed by atoms with Crippen LogP contribution in [0.4, 0.5) is 0 Å². The molecule has 0 aliphatic heterocycles. The molecule has 0 saturated carbocycles. The molecule has 2 atom stereocenters. The molecule has 0 nitrogen and oxygen atoms in total. The van der Waals surface area contributed by atoms with Crippen LogP contribution in [0.15, 0.2) is 84.9 Å². The average Bonchev–Trinajstić information content (AvgIpc) is 3.62. The standard InChI is InChI=1S/2C17H15.C7H14.2CH3.Hf/c2*1-12-9-13(2)11-15(10-12)17-8-4-6-14-5-3-7-16(14)17;1-3-5-7-6-4-2;;;/h2*3-11H,1-2H3;3-6H2,1-2H3;2*1H3;. The second-order valence-electron chi connectivity index (χ2n) is 14.8. The zero-order valence-corrected chi connectivity index (χ0v) is 31.8. The molecular weight excluding hydrogens is 695 g/mol. The van der Waals surface area contributed by atoms with Gasteiger partial charge in [-0.05, 0) is 0 Å². The average molecular weight is 745 g/mol. The first-order valence-corrected chi connectivity index (χ1v) is 30.0. The van der Waals surface area contributed by atoms with Crippen molar-refractivity contribution in [2.75, 3.05) is 0 Å². The Morgan fingerprint density at radius 3 is 1.32 bits per heavy atom. The molecule has 0 spiro atoms. The van der Waals surface area contributed by atoms with Gasteiger partial charge in [-0.2, -0.15) is 0 Å². The summed E-state index contributed by atoms with van der Waals surface area (Å²) in [6.07, 6.45) is 15.2. The van der Waals surface area contributed by atoms with Gasteiger partial charge in [0.1, 0.15) is 0 Å². The second kappa shape index (κ2) is 11.8. The van der Waals surface area contributed by atoms with Crippen LogP contribution >= 0.6 is 0 Å². The molecule has 0 heterocycles. The zero-order valence-electron chi connectivity index (χ0n) is 28.2. The van der Waals surface area contributed by atoms with Crippen molar-refractivity contribution in [3.63, 3.8) is 0 Å². The molecule has 4 aromatic rings. The van der Waals surface area contributed by atoms with E-state index >= 15 is 0 Å². The van der Waals surface area contributed by atoms with E-state index in [4.69, 9.17) is 0 Å². The predicted octanol–water partition coefficient (Wildman–Crippen LogP) is 12.6. The van der Waals surface area contributed by atoms with Gasteiger partial charge >= 0.3 is 269 Å². The van der Waals surface area contributed by atoms with E-state index in [9.17, 15) is 0 Å². The topological polar surface area (TPSA) is 0 Å². The van der Waals surface area contributed by atoms with E-state index < -0.39 is 18.0 Å². The van der Waals surface area contributed by atoms with Gasteiger partial charge in [0.25, 0.3) is 0 Å². The van der Waals surface area contributed by atoms with E-state index in [1.165, 1.54) is 81.3 Å². The monoisotopic (exact) mass is 746 g/mol. The molecule has 0 N–H and O–H groups in total. The molecule has 2 aliphatic rings. The molecule has 6 rings (SSSR count). The number of allylic oxidation sites excluding steroid dienone is 2. The van der Waals surface area contributed by atoms with Crippen molar-refractivity contribution < 1.29 is 18.0 Å². The van der Waals surface area contributed by atoms with Crippen LogP contribution in [-0.4, -0.2) is 3.26 Å². The molecule has 2 aliphatic carbocycles. The van der Waals surface area contributed by atoms with E-state index in [2.05, 4.69) is 148 Å². The molecule has 0 radical (unpaired) electrons. The van der Waals surface area contributed by atoms with Crippen LogP contribution in [-0.2, 0) is 18.0 Å². The van der Waals surface area contributed by atoms with Crippen LogP contribution in [0.2, 0.25) is 9.36 Å². The molecule has 0 aromatic heterocycles. The van der Waals surface area contributed by atoms with E-state index in [1.807, 2.05) is 3.26 Å². The van der Waals surface area contributed by atoms with Crippen molar-refractivity contribution in [2.24, 2.45) is 0 Å². The van der Waals surface area contributed by atoms with E-state index in [0.29, 0.717) is 7.35 Å². The predicted molar refractivity (Wildman–Crippen MR) is 193 cm³/mol. The summed E-state index contributed by atoms with van der Waals surface area (Å²) in [6.45, 7) is 13.7. The van der Waals surface area contributed by atoms with Gasteiger partial charge in [0, 0.05) is 0 Å². The minimum atomic E-state index is -4.05. The Morgan fingerprint density at radius 1 is 0.568 bits per heavy atom. The molecular formula is C43H50Hf. The Hall–Kier alpha value is -2.90. The molecule has 2 unspecified atom stereocenters. The Kier molecular flexibility index (Phi) is 8.34. The van der Waals surface area contributed by atoms with Crippen LogP contribution in [0.5, 0.6) is 0 Å². The summed E-state index contributed by atoms with van der Waals surface area (Å²) in [5, 5.41) is 0. The second-order valence-corrected chi connectivity index (χ2v) is 40.5. The number of aryl methyl sites for hydroxylation is 4. The number of fused-ring (bicyclic) bond motifs is 2. The Balaban J connectivity index is 1.58. The van der Waals surface area contributed by atoms with Crippen LogP contribution in [0.1, 0.15) is 91.4 Å². The fourth-order valence-electron chi connectivity index (χ4n) is 9.14. The Bertz CT molecular complexity index is 1710. The SMILES string of the molecule is CCC[C](CCC)=[Hf]([CH3])([CH3])([CH]1C=Cc2c(-c3cc(C)cc(C)c3)cccc21)[CH]1C=Cc2c(-c3cc(C)cc(C)c3)cccc21. The zero-order chi connectivity index (χ0) is 31.2. The number of rotatable bonds is 8. The van der Waals surface area contributed by atoms with Gasteiger partial charge in [-0.25, -0.2) is 0 Å². The summed E-state index contributed by atoms with van der Waals surface area (Å²) >= 11 is -4.05. The van der Waals surface area contributed by atoms with Crippen LogP contribution in [0, 0.1) is 27.7 Å². The summed E-state index contributed by atoms with van der Waals surface area (Å²) in [7, 11) is 0. The normalized spacial score (nSPS) is 17.2. The summed E-state index contributed by atoms with van der Waals surface area (Å²) in [5.74, 6) is 0. The van der Waals surface area contributed by atoms with Gasteiger partial charge in [0.05, 0.1) is 0 Å². The van der Waals surface area contributed by atoms with Gasteiger partial charge in [0.15, 0.2) is 0 Å². The molecule has 0 saturated heterocycles. The van der Waals surface area contributed by atoms with Crippen LogP contribution < -0.4 is 0 Å². The van der Waals surface area contributed by atoms with E-state index in [0.717, 1.165) is 0 Å². The first kappa shape index (κ1) is 31.1. The summed E-state index contributed by atoms with van der Waals surface area (Å²) in [4.78, 5) is 0. The third-order valence-electron chi connectivity index (χ3n) is 11.1. The first-order valence-electron chi connectivity index (χ1n) is 16.9. The van der Waals surface area contributed by atoms with Gasteiger partial charge in [-0.1, -0.05) is 0 Å². The first-order chi connectivity index (χ1) is 21.0.